The Hall–Kier alpha value is -2.47. The second kappa shape index (κ2) is 8.49. The number of hydrogen-bond acceptors (Lipinski definition) is 5. The lowest BCUT2D eigenvalue weighted by atomic mass is 9.74. The van der Waals surface area contributed by atoms with Crippen LogP contribution < -0.4 is 15.1 Å². The van der Waals surface area contributed by atoms with Crippen molar-refractivity contribution in [3.63, 3.8) is 0 Å². The second-order valence-corrected chi connectivity index (χ2v) is 8.18. The number of aromatic nitrogens is 2. The molecule has 3 heterocycles. The third kappa shape index (κ3) is 3.86. The molecule has 0 spiro atoms. The number of piperazine rings is 1. The van der Waals surface area contributed by atoms with Crippen molar-refractivity contribution in [2.24, 2.45) is 5.92 Å². The maximum Gasteiger partial charge on any atom is 0.224 e. The highest BCUT2D eigenvalue weighted by Gasteiger charge is 2.40. The van der Waals surface area contributed by atoms with Crippen LogP contribution in [-0.2, 0) is 11.2 Å². The molecule has 4 rings (SSSR count). The van der Waals surface area contributed by atoms with Crippen molar-refractivity contribution >= 4 is 17.3 Å². The highest BCUT2D eigenvalue weighted by Crippen LogP contribution is 2.45. The predicted octanol–water partition coefficient (Wildman–Crippen LogP) is 2.99. The molecule has 0 bridgehead atoms. The van der Waals surface area contributed by atoms with Gasteiger partial charge in [0.2, 0.25) is 5.91 Å². The van der Waals surface area contributed by atoms with Gasteiger partial charge in [0, 0.05) is 69.3 Å². The van der Waals surface area contributed by atoms with Crippen molar-refractivity contribution < 1.29 is 4.79 Å². The van der Waals surface area contributed by atoms with Gasteiger partial charge in [0.15, 0.2) is 0 Å². The van der Waals surface area contributed by atoms with Crippen LogP contribution in [0.1, 0.15) is 44.5 Å². The molecule has 0 radical (unpaired) electrons. The molecule has 154 valence electrons. The van der Waals surface area contributed by atoms with Gasteiger partial charge in [0.05, 0.1) is 0 Å². The van der Waals surface area contributed by atoms with Gasteiger partial charge < -0.3 is 15.1 Å². The van der Waals surface area contributed by atoms with Gasteiger partial charge in [0.25, 0.3) is 0 Å². The molecule has 1 saturated heterocycles. The maximum absolute atomic E-state index is 12.6. The number of carbonyl (C=O) groups is 1. The summed E-state index contributed by atoms with van der Waals surface area (Å²) >= 11 is 0. The van der Waals surface area contributed by atoms with Gasteiger partial charge in [-0.25, -0.2) is 9.97 Å². The molecule has 6 nitrogen and oxygen atoms in total. The van der Waals surface area contributed by atoms with Crippen LogP contribution in [0.5, 0.6) is 0 Å². The molecule has 0 unspecified atom stereocenters. The third-order valence-electron chi connectivity index (χ3n) is 6.50. The van der Waals surface area contributed by atoms with E-state index in [1.807, 2.05) is 23.4 Å². The second-order valence-electron chi connectivity index (χ2n) is 8.18. The predicted molar refractivity (Wildman–Crippen MR) is 116 cm³/mol. The molecule has 2 aliphatic heterocycles. The number of amides is 1. The smallest absolute Gasteiger partial charge is 0.224 e. The van der Waals surface area contributed by atoms with Gasteiger partial charge >= 0.3 is 0 Å². The molecule has 6 heteroatoms. The quantitative estimate of drug-likeness (QED) is 0.865. The fourth-order valence-electron chi connectivity index (χ4n) is 5.03. The van der Waals surface area contributed by atoms with Gasteiger partial charge in [-0.1, -0.05) is 13.8 Å². The van der Waals surface area contributed by atoms with Crippen LogP contribution in [0.15, 0.2) is 36.7 Å². The van der Waals surface area contributed by atoms with E-state index < -0.39 is 0 Å². The maximum atomic E-state index is 12.6. The molecular formula is C23H31N5O. The summed E-state index contributed by atoms with van der Waals surface area (Å²) in [4.78, 5) is 26.0. The molecular weight excluding hydrogens is 362 g/mol. The Balaban J connectivity index is 1.78. The number of anilines is 2. The monoisotopic (exact) mass is 393 g/mol. The Morgan fingerprint density at radius 2 is 1.93 bits per heavy atom. The molecule has 3 atom stereocenters. The normalized spacial score (nSPS) is 24.3. The van der Waals surface area contributed by atoms with Crippen molar-refractivity contribution in [2.45, 2.75) is 45.6 Å². The Labute approximate surface area is 173 Å². The summed E-state index contributed by atoms with van der Waals surface area (Å²) in [5, 5.41) is 3.42. The van der Waals surface area contributed by atoms with Gasteiger partial charge in [-0.15, -0.1) is 0 Å². The van der Waals surface area contributed by atoms with Crippen molar-refractivity contribution in [1.82, 2.24) is 15.3 Å². The summed E-state index contributed by atoms with van der Waals surface area (Å²) in [6.45, 7) is 10.2. The minimum Gasteiger partial charge on any atom is -0.369 e. The number of carbonyl (C=O) groups excluding carboxylic acids is 1. The Morgan fingerprint density at radius 3 is 2.59 bits per heavy atom. The molecule has 1 amide bonds. The number of fused-ring (bicyclic) bond motifs is 1. The van der Waals surface area contributed by atoms with E-state index in [0.717, 1.165) is 50.5 Å². The summed E-state index contributed by atoms with van der Waals surface area (Å²) in [5.41, 5.74) is 3.55. The molecule has 2 aromatic rings. The standard InChI is InChI=1S/C23H31N5O/c1-4-21-16(2)19(15-23-25-8-5-9-26-23)20-14-18(27-12-10-24-11-13-27)6-7-22(20)28(21)17(3)29/h5-9,14,16,19,21,24H,4,10-13,15H2,1-3H3/t16-,19-,21+/m1/s1. The minimum absolute atomic E-state index is 0.120. The molecule has 1 N–H and O–H groups in total. The number of hydrogen-bond donors (Lipinski definition) is 1. The van der Waals surface area contributed by atoms with Crippen molar-refractivity contribution in [3.8, 4) is 0 Å². The van der Waals surface area contributed by atoms with E-state index in [-0.39, 0.29) is 17.9 Å². The molecule has 1 aromatic heterocycles. The minimum atomic E-state index is 0.120. The van der Waals surface area contributed by atoms with E-state index in [1.54, 1.807) is 6.92 Å². The number of nitrogens with one attached hydrogen (secondary N) is 1. The zero-order valence-corrected chi connectivity index (χ0v) is 17.6. The van der Waals surface area contributed by atoms with E-state index in [2.05, 4.69) is 52.2 Å². The van der Waals surface area contributed by atoms with Crippen molar-refractivity contribution in [3.05, 3.63) is 48.0 Å². The largest absolute Gasteiger partial charge is 0.369 e. The lowest BCUT2D eigenvalue weighted by molar-refractivity contribution is -0.117. The average Bonchev–Trinajstić information content (AvgIpc) is 2.76. The van der Waals surface area contributed by atoms with E-state index >= 15 is 0 Å². The molecule has 29 heavy (non-hydrogen) atoms. The lowest BCUT2D eigenvalue weighted by Gasteiger charge is -2.45. The number of benzene rings is 1. The molecule has 2 aliphatic rings. The van der Waals surface area contributed by atoms with Crippen LogP contribution in [-0.4, -0.2) is 48.1 Å². The van der Waals surface area contributed by atoms with E-state index in [0.29, 0.717) is 5.92 Å². The fourth-order valence-corrected chi connectivity index (χ4v) is 5.03. The van der Waals surface area contributed by atoms with Gasteiger partial charge in [-0.2, -0.15) is 0 Å². The summed E-state index contributed by atoms with van der Waals surface area (Å²) in [5.74, 6) is 1.61. The van der Waals surface area contributed by atoms with Crippen LogP contribution >= 0.6 is 0 Å². The molecule has 1 aromatic carbocycles. The lowest BCUT2D eigenvalue weighted by Crippen LogP contribution is -2.49. The SMILES string of the molecule is CC[C@H]1[C@H](C)[C@@H](Cc2ncccn2)c2cc(N3CCNCC3)ccc2N1C(C)=O. The zero-order valence-electron chi connectivity index (χ0n) is 17.6. The van der Waals surface area contributed by atoms with E-state index in [4.69, 9.17) is 0 Å². The van der Waals surface area contributed by atoms with Gasteiger partial charge in [0.1, 0.15) is 5.82 Å². The fraction of sp³-hybridized carbons (Fsp3) is 0.522. The van der Waals surface area contributed by atoms with Crippen LogP contribution in [0.3, 0.4) is 0 Å². The molecule has 0 aliphatic carbocycles. The van der Waals surface area contributed by atoms with Crippen LogP contribution in [0.4, 0.5) is 11.4 Å². The highest BCUT2D eigenvalue weighted by molar-refractivity contribution is 5.94. The average molecular weight is 394 g/mol. The number of nitrogens with zero attached hydrogens (tertiary/aromatic N) is 4. The summed E-state index contributed by atoms with van der Waals surface area (Å²) in [7, 11) is 0. The van der Waals surface area contributed by atoms with Crippen molar-refractivity contribution in [2.75, 3.05) is 36.0 Å². The van der Waals surface area contributed by atoms with Crippen LogP contribution in [0.2, 0.25) is 0 Å². The third-order valence-corrected chi connectivity index (χ3v) is 6.50. The summed E-state index contributed by atoms with van der Waals surface area (Å²) in [6, 6.07) is 8.70. The number of rotatable bonds is 4. The Bertz CT molecular complexity index is 850. The summed E-state index contributed by atoms with van der Waals surface area (Å²) in [6.07, 6.45) is 5.36. The highest BCUT2D eigenvalue weighted by atomic mass is 16.2. The Kier molecular flexibility index (Phi) is 5.81. The van der Waals surface area contributed by atoms with Gasteiger partial charge in [-0.3, -0.25) is 4.79 Å². The first-order valence-electron chi connectivity index (χ1n) is 10.8. The first-order chi connectivity index (χ1) is 14.1. The summed E-state index contributed by atoms with van der Waals surface area (Å²) < 4.78 is 0. The Morgan fingerprint density at radius 1 is 1.21 bits per heavy atom. The first kappa shape index (κ1) is 19.8. The molecule has 0 saturated carbocycles. The molecule has 1 fully saturated rings. The van der Waals surface area contributed by atoms with Crippen LogP contribution in [0.25, 0.3) is 0 Å². The van der Waals surface area contributed by atoms with E-state index in [1.165, 1.54) is 11.3 Å². The van der Waals surface area contributed by atoms with Crippen molar-refractivity contribution in [1.29, 1.82) is 0 Å². The van der Waals surface area contributed by atoms with Crippen LogP contribution in [0, 0.1) is 5.92 Å². The zero-order chi connectivity index (χ0) is 20.4. The van der Waals surface area contributed by atoms with E-state index in [9.17, 15) is 4.79 Å². The topological polar surface area (TPSA) is 61.4 Å². The van der Waals surface area contributed by atoms with Gasteiger partial charge in [-0.05, 0) is 48.1 Å². The first-order valence-corrected chi connectivity index (χ1v) is 10.8.